The molecule has 28 heavy (non-hydrogen) atoms. The molecule has 4 heterocycles. The van der Waals surface area contributed by atoms with Gasteiger partial charge in [-0.2, -0.15) is 20.6 Å². The molecule has 1 saturated carbocycles. The smallest absolute Gasteiger partial charge is 0.155 e. The lowest BCUT2D eigenvalue weighted by molar-refractivity contribution is 0.130. The van der Waals surface area contributed by atoms with Gasteiger partial charge in [-0.15, -0.1) is 0 Å². The van der Waals surface area contributed by atoms with Crippen molar-refractivity contribution in [2.24, 2.45) is 7.05 Å². The molecule has 0 unspecified atom stereocenters. The summed E-state index contributed by atoms with van der Waals surface area (Å²) in [6, 6.07) is 4.20. The zero-order valence-electron chi connectivity index (χ0n) is 15.4. The van der Waals surface area contributed by atoms with E-state index in [9.17, 15) is 5.26 Å². The molecular weight excluding hydrogens is 354 g/mol. The number of aromatic nitrogens is 7. The highest BCUT2D eigenvalue weighted by Gasteiger charge is 2.40. The molecule has 9 heteroatoms. The molecule has 2 N–H and O–H groups in total. The van der Waals surface area contributed by atoms with E-state index >= 15 is 0 Å². The molecule has 0 amide bonds. The van der Waals surface area contributed by atoms with Crippen molar-refractivity contribution < 1.29 is 0 Å². The van der Waals surface area contributed by atoms with Crippen LogP contribution in [0.25, 0.3) is 28.0 Å². The van der Waals surface area contributed by atoms with Crippen LogP contribution in [0.1, 0.15) is 25.7 Å². The van der Waals surface area contributed by atoms with Gasteiger partial charge in [0.05, 0.1) is 53.4 Å². The molecule has 0 saturated heterocycles. The van der Waals surface area contributed by atoms with Crippen molar-refractivity contribution in [2.45, 2.75) is 31.2 Å². The van der Waals surface area contributed by atoms with Crippen LogP contribution in [0.2, 0.25) is 0 Å². The van der Waals surface area contributed by atoms with Gasteiger partial charge in [0.25, 0.3) is 0 Å². The van der Waals surface area contributed by atoms with E-state index in [1.54, 1.807) is 21.6 Å². The lowest BCUT2D eigenvalue weighted by Gasteiger charge is -2.40. The van der Waals surface area contributed by atoms with Crippen LogP contribution in [0.5, 0.6) is 0 Å². The van der Waals surface area contributed by atoms with Gasteiger partial charge in [-0.25, -0.2) is 9.50 Å². The monoisotopic (exact) mass is 373 g/mol. The van der Waals surface area contributed by atoms with E-state index in [1.807, 2.05) is 36.4 Å². The second-order valence-corrected chi connectivity index (χ2v) is 7.32. The predicted molar refractivity (Wildman–Crippen MR) is 103 cm³/mol. The molecule has 0 aromatic carbocycles. The SMILES string of the molecule is Cn1cc(-c2cn3nccc3c(-c3cn(C4(CC#N)CCC4)nc3N)n2)cn1. The Kier molecular flexibility index (Phi) is 3.49. The molecule has 4 aromatic rings. The van der Waals surface area contributed by atoms with Crippen molar-refractivity contribution >= 4 is 11.3 Å². The highest BCUT2D eigenvalue weighted by Crippen LogP contribution is 2.43. The fourth-order valence-corrected chi connectivity index (χ4v) is 3.85. The van der Waals surface area contributed by atoms with Gasteiger partial charge >= 0.3 is 0 Å². The number of aryl methyl sites for hydroxylation is 1. The molecule has 0 radical (unpaired) electrons. The first-order chi connectivity index (χ1) is 13.6. The standard InChI is InChI=1S/C19H19N9/c1-26-10-13(9-23-26)15-12-27-16(3-8-22-27)17(24-15)14-11-28(25-18(14)21)19(6-7-20)4-2-5-19/h3,8-12H,2,4-6H2,1H3,(H2,21,25). The van der Waals surface area contributed by atoms with E-state index in [0.29, 0.717) is 17.9 Å². The lowest BCUT2D eigenvalue weighted by Crippen LogP contribution is -2.40. The molecule has 4 aromatic heterocycles. The summed E-state index contributed by atoms with van der Waals surface area (Å²) in [6.45, 7) is 0. The zero-order chi connectivity index (χ0) is 19.3. The summed E-state index contributed by atoms with van der Waals surface area (Å²) in [5.41, 5.74) is 10.0. The molecule has 140 valence electrons. The molecule has 1 fully saturated rings. The number of hydrogen-bond donors (Lipinski definition) is 1. The zero-order valence-corrected chi connectivity index (χ0v) is 15.4. The van der Waals surface area contributed by atoms with E-state index in [4.69, 9.17) is 10.7 Å². The predicted octanol–water partition coefficient (Wildman–Crippen LogP) is 2.37. The van der Waals surface area contributed by atoms with Crippen LogP contribution in [0.4, 0.5) is 5.82 Å². The Morgan fingerprint density at radius 2 is 2.11 bits per heavy atom. The third-order valence-corrected chi connectivity index (χ3v) is 5.57. The molecular formula is C19H19N9. The highest BCUT2D eigenvalue weighted by atomic mass is 15.3. The van der Waals surface area contributed by atoms with E-state index in [1.165, 1.54) is 0 Å². The molecule has 0 spiro atoms. The van der Waals surface area contributed by atoms with Crippen LogP contribution in [0.3, 0.4) is 0 Å². The van der Waals surface area contributed by atoms with Crippen molar-refractivity contribution in [1.82, 2.24) is 34.2 Å². The van der Waals surface area contributed by atoms with Gasteiger partial charge in [-0.3, -0.25) is 9.36 Å². The molecule has 0 atom stereocenters. The molecule has 0 aliphatic heterocycles. The summed E-state index contributed by atoms with van der Waals surface area (Å²) in [5, 5.41) is 22.4. The van der Waals surface area contributed by atoms with Gasteiger partial charge in [0.15, 0.2) is 5.82 Å². The minimum Gasteiger partial charge on any atom is -0.382 e. The second-order valence-electron chi connectivity index (χ2n) is 7.32. The summed E-state index contributed by atoms with van der Waals surface area (Å²) in [5.74, 6) is 0.406. The summed E-state index contributed by atoms with van der Waals surface area (Å²) >= 11 is 0. The average Bonchev–Trinajstić information content (AvgIpc) is 3.37. The number of nitrogens with zero attached hydrogens (tertiary/aromatic N) is 8. The Morgan fingerprint density at radius 3 is 2.79 bits per heavy atom. The molecule has 1 aliphatic rings. The molecule has 9 nitrogen and oxygen atoms in total. The van der Waals surface area contributed by atoms with Crippen molar-refractivity contribution in [2.75, 3.05) is 5.73 Å². The summed E-state index contributed by atoms with van der Waals surface area (Å²) < 4.78 is 5.39. The number of fused-ring (bicyclic) bond motifs is 1. The van der Waals surface area contributed by atoms with Crippen LogP contribution < -0.4 is 5.73 Å². The van der Waals surface area contributed by atoms with Gasteiger partial charge in [0, 0.05) is 25.0 Å². The van der Waals surface area contributed by atoms with Gasteiger partial charge in [0.1, 0.15) is 5.69 Å². The summed E-state index contributed by atoms with van der Waals surface area (Å²) in [6.07, 6.45) is 12.6. The normalized spacial score (nSPS) is 15.4. The van der Waals surface area contributed by atoms with E-state index in [2.05, 4.69) is 21.4 Å². The number of rotatable bonds is 4. The number of anilines is 1. The first-order valence-corrected chi connectivity index (χ1v) is 9.16. The Labute approximate surface area is 161 Å². The number of nitriles is 1. The van der Waals surface area contributed by atoms with E-state index < -0.39 is 0 Å². The van der Waals surface area contributed by atoms with Crippen LogP contribution in [0, 0.1) is 11.3 Å². The van der Waals surface area contributed by atoms with Crippen molar-refractivity contribution in [1.29, 1.82) is 5.26 Å². The van der Waals surface area contributed by atoms with Crippen molar-refractivity contribution in [3.8, 4) is 28.6 Å². The maximum Gasteiger partial charge on any atom is 0.155 e. The van der Waals surface area contributed by atoms with Gasteiger partial charge in [0.2, 0.25) is 0 Å². The minimum absolute atomic E-state index is 0.251. The number of nitrogen functional groups attached to an aromatic ring is 1. The number of nitrogens with two attached hydrogens (primary N) is 1. The van der Waals surface area contributed by atoms with Crippen LogP contribution in [-0.4, -0.2) is 34.2 Å². The second kappa shape index (κ2) is 5.92. The fourth-order valence-electron chi connectivity index (χ4n) is 3.85. The van der Waals surface area contributed by atoms with Gasteiger partial charge in [-0.1, -0.05) is 0 Å². The van der Waals surface area contributed by atoms with E-state index in [0.717, 1.165) is 41.6 Å². The van der Waals surface area contributed by atoms with Crippen LogP contribution >= 0.6 is 0 Å². The minimum atomic E-state index is -0.251. The number of hydrogen-bond acceptors (Lipinski definition) is 6. The third kappa shape index (κ3) is 2.38. The largest absolute Gasteiger partial charge is 0.382 e. The molecule has 5 rings (SSSR count). The fraction of sp³-hybridized carbons (Fsp3) is 0.316. The van der Waals surface area contributed by atoms with Crippen LogP contribution in [0.15, 0.2) is 37.1 Å². The summed E-state index contributed by atoms with van der Waals surface area (Å²) in [4.78, 5) is 4.86. The Balaban J connectivity index is 1.67. The van der Waals surface area contributed by atoms with Crippen molar-refractivity contribution in [3.05, 3.63) is 37.1 Å². The first-order valence-electron chi connectivity index (χ1n) is 9.16. The van der Waals surface area contributed by atoms with E-state index in [-0.39, 0.29) is 5.54 Å². The third-order valence-electron chi connectivity index (χ3n) is 5.57. The maximum atomic E-state index is 9.25. The molecule has 1 aliphatic carbocycles. The van der Waals surface area contributed by atoms with Crippen molar-refractivity contribution in [3.63, 3.8) is 0 Å². The van der Waals surface area contributed by atoms with Gasteiger partial charge in [-0.05, 0) is 25.3 Å². The lowest BCUT2D eigenvalue weighted by atomic mass is 9.75. The quantitative estimate of drug-likeness (QED) is 0.587. The Hall–Kier alpha value is -3.67. The van der Waals surface area contributed by atoms with Crippen LogP contribution in [-0.2, 0) is 12.6 Å². The highest BCUT2D eigenvalue weighted by molar-refractivity contribution is 5.83. The Bertz CT molecular complexity index is 1220. The Morgan fingerprint density at radius 1 is 1.25 bits per heavy atom. The molecule has 0 bridgehead atoms. The summed E-state index contributed by atoms with van der Waals surface area (Å²) in [7, 11) is 1.87. The van der Waals surface area contributed by atoms with Gasteiger partial charge < -0.3 is 5.73 Å². The maximum absolute atomic E-state index is 9.25. The average molecular weight is 373 g/mol. The first kappa shape index (κ1) is 16.5. The topological polar surface area (TPSA) is 116 Å².